The fourth-order valence-electron chi connectivity index (χ4n) is 2.30. The number of imidazole rings is 1. The molecule has 7 heteroatoms. The van der Waals surface area contributed by atoms with Crippen molar-refractivity contribution in [1.82, 2.24) is 24.5 Å². The SMILES string of the molecule is Cc1nn(C)c2c1nc(CCCl)n2Cc1ccno1. The van der Waals surface area contributed by atoms with Crippen LogP contribution in [0.25, 0.3) is 11.2 Å². The largest absolute Gasteiger partial charge is 0.359 e. The Morgan fingerprint density at radius 3 is 2.95 bits per heavy atom. The summed E-state index contributed by atoms with van der Waals surface area (Å²) in [5.41, 5.74) is 2.82. The summed E-state index contributed by atoms with van der Waals surface area (Å²) in [7, 11) is 1.92. The van der Waals surface area contributed by atoms with Crippen molar-refractivity contribution in [3.05, 3.63) is 29.5 Å². The van der Waals surface area contributed by atoms with Gasteiger partial charge in [0.05, 0.1) is 18.4 Å². The van der Waals surface area contributed by atoms with Gasteiger partial charge in [-0.25, -0.2) is 4.98 Å². The average Bonchev–Trinajstić information content (AvgIpc) is 3.04. The Labute approximate surface area is 115 Å². The first-order valence-electron chi connectivity index (χ1n) is 6.05. The average molecular weight is 280 g/mol. The van der Waals surface area contributed by atoms with Crippen LogP contribution in [0.3, 0.4) is 0 Å². The lowest BCUT2D eigenvalue weighted by Gasteiger charge is -2.06. The molecule has 100 valence electrons. The lowest BCUT2D eigenvalue weighted by Crippen LogP contribution is -2.08. The Kier molecular flexibility index (Phi) is 3.02. The number of aromatic nitrogens is 5. The van der Waals surface area contributed by atoms with E-state index in [2.05, 4.69) is 19.8 Å². The number of hydrogen-bond donors (Lipinski definition) is 0. The predicted octanol–water partition coefficient (Wildman–Crippen LogP) is 1.90. The van der Waals surface area contributed by atoms with Crippen LogP contribution in [0, 0.1) is 6.92 Å². The zero-order valence-electron chi connectivity index (χ0n) is 10.8. The smallest absolute Gasteiger partial charge is 0.159 e. The van der Waals surface area contributed by atoms with Gasteiger partial charge in [-0.15, -0.1) is 11.6 Å². The summed E-state index contributed by atoms with van der Waals surface area (Å²) in [4.78, 5) is 4.64. The van der Waals surface area contributed by atoms with Crippen molar-refractivity contribution < 1.29 is 4.52 Å². The van der Waals surface area contributed by atoms with Crippen molar-refractivity contribution in [1.29, 1.82) is 0 Å². The molecular weight excluding hydrogens is 266 g/mol. The number of halogens is 1. The zero-order chi connectivity index (χ0) is 13.4. The molecule has 0 saturated heterocycles. The molecule has 0 aliphatic heterocycles. The number of hydrogen-bond acceptors (Lipinski definition) is 4. The molecule has 3 aromatic heterocycles. The van der Waals surface area contributed by atoms with E-state index >= 15 is 0 Å². The molecule has 0 fully saturated rings. The fourth-order valence-corrected chi connectivity index (χ4v) is 2.47. The highest BCUT2D eigenvalue weighted by atomic mass is 35.5. The second-order valence-corrected chi connectivity index (χ2v) is 4.79. The molecule has 0 N–H and O–H groups in total. The molecule has 0 aliphatic rings. The van der Waals surface area contributed by atoms with Gasteiger partial charge in [-0.2, -0.15) is 5.10 Å². The minimum Gasteiger partial charge on any atom is -0.359 e. The first-order chi connectivity index (χ1) is 9.20. The molecule has 0 amide bonds. The van der Waals surface area contributed by atoms with Crippen molar-refractivity contribution in [3.63, 3.8) is 0 Å². The van der Waals surface area contributed by atoms with E-state index in [4.69, 9.17) is 16.1 Å². The van der Waals surface area contributed by atoms with E-state index < -0.39 is 0 Å². The molecule has 3 heterocycles. The zero-order valence-corrected chi connectivity index (χ0v) is 11.6. The molecule has 3 aromatic rings. The van der Waals surface area contributed by atoms with Crippen LogP contribution in [0.1, 0.15) is 17.3 Å². The molecule has 0 aromatic carbocycles. The maximum Gasteiger partial charge on any atom is 0.159 e. The van der Waals surface area contributed by atoms with Gasteiger partial charge in [0.15, 0.2) is 11.4 Å². The Balaban J connectivity index is 2.15. The van der Waals surface area contributed by atoms with Gasteiger partial charge in [-0.1, -0.05) is 5.16 Å². The van der Waals surface area contributed by atoms with Crippen molar-refractivity contribution in [2.24, 2.45) is 7.05 Å². The molecule has 6 nitrogen and oxygen atoms in total. The second kappa shape index (κ2) is 4.70. The van der Waals surface area contributed by atoms with E-state index in [1.807, 2.05) is 24.7 Å². The summed E-state index contributed by atoms with van der Waals surface area (Å²) in [6.45, 7) is 2.54. The van der Waals surface area contributed by atoms with Crippen LogP contribution in [-0.4, -0.2) is 30.4 Å². The van der Waals surface area contributed by atoms with Gasteiger partial charge >= 0.3 is 0 Å². The third-order valence-electron chi connectivity index (χ3n) is 3.09. The summed E-state index contributed by atoms with van der Waals surface area (Å²) in [5.74, 6) is 2.26. The first kappa shape index (κ1) is 12.2. The van der Waals surface area contributed by atoms with Gasteiger partial charge in [0.2, 0.25) is 0 Å². The highest BCUT2D eigenvalue weighted by Gasteiger charge is 2.17. The highest BCUT2D eigenvalue weighted by Crippen LogP contribution is 2.21. The van der Waals surface area contributed by atoms with E-state index in [9.17, 15) is 0 Å². The van der Waals surface area contributed by atoms with E-state index in [0.717, 1.165) is 28.4 Å². The van der Waals surface area contributed by atoms with E-state index in [1.165, 1.54) is 0 Å². The van der Waals surface area contributed by atoms with Crippen LogP contribution in [-0.2, 0) is 20.0 Å². The monoisotopic (exact) mass is 279 g/mol. The Hall–Kier alpha value is -1.82. The second-order valence-electron chi connectivity index (χ2n) is 4.41. The number of alkyl halides is 1. The van der Waals surface area contributed by atoms with Crippen LogP contribution >= 0.6 is 11.6 Å². The Morgan fingerprint density at radius 1 is 1.42 bits per heavy atom. The Morgan fingerprint density at radius 2 is 2.26 bits per heavy atom. The summed E-state index contributed by atoms with van der Waals surface area (Å²) < 4.78 is 9.09. The van der Waals surface area contributed by atoms with E-state index in [1.54, 1.807) is 6.20 Å². The van der Waals surface area contributed by atoms with Crippen molar-refractivity contribution in [2.45, 2.75) is 19.9 Å². The molecule has 3 rings (SSSR count). The predicted molar refractivity (Wildman–Crippen MR) is 71.3 cm³/mol. The standard InChI is InChI=1S/C12H14ClN5O/c1-8-11-12(17(2)16-8)18(10(15-11)3-5-13)7-9-4-6-14-19-9/h4,6H,3,5,7H2,1-2H3. The normalized spacial score (nSPS) is 11.5. The van der Waals surface area contributed by atoms with Gasteiger partial charge in [0.25, 0.3) is 0 Å². The molecule has 0 bridgehead atoms. The quantitative estimate of drug-likeness (QED) is 0.684. The molecule has 19 heavy (non-hydrogen) atoms. The third-order valence-corrected chi connectivity index (χ3v) is 3.28. The molecule has 0 unspecified atom stereocenters. The number of nitrogens with zero attached hydrogens (tertiary/aromatic N) is 5. The highest BCUT2D eigenvalue weighted by molar-refractivity contribution is 6.17. The van der Waals surface area contributed by atoms with Crippen molar-refractivity contribution in [3.8, 4) is 0 Å². The molecular formula is C12H14ClN5O. The van der Waals surface area contributed by atoms with Crippen molar-refractivity contribution in [2.75, 3.05) is 5.88 Å². The Bertz CT molecular complexity index is 697. The fraction of sp³-hybridized carbons (Fsp3) is 0.417. The molecule has 0 radical (unpaired) electrons. The van der Waals surface area contributed by atoms with Gasteiger partial charge in [-0.05, 0) is 6.92 Å². The van der Waals surface area contributed by atoms with E-state index in [-0.39, 0.29) is 0 Å². The van der Waals surface area contributed by atoms with Gasteiger partial charge < -0.3 is 9.09 Å². The summed E-state index contributed by atoms with van der Waals surface area (Å²) in [6.07, 6.45) is 2.35. The van der Waals surface area contributed by atoms with Crippen LogP contribution in [0.15, 0.2) is 16.8 Å². The van der Waals surface area contributed by atoms with Gasteiger partial charge in [0, 0.05) is 25.4 Å². The lowest BCUT2D eigenvalue weighted by atomic mass is 10.4. The third kappa shape index (κ3) is 2.02. The van der Waals surface area contributed by atoms with Crippen LogP contribution < -0.4 is 0 Å². The molecule has 0 aliphatic carbocycles. The molecule has 0 atom stereocenters. The minimum absolute atomic E-state index is 0.534. The van der Waals surface area contributed by atoms with Gasteiger partial charge in [-0.3, -0.25) is 4.68 Å². The van der Waals surface area contributed by atoms with Crippen LogP contribution in [0.2, 0.25) is 0 Å². The topological polar surface area (TPSA) is 61.7 Å². The van der Waals surface area contributed by atoms with Crippen LogP contribution in [0.5, 0.6) is 0 Å². The summed E-state index contributed by atoms with van der Waals surface area (Å²) >= 11 is 5.85. The maximum atomic E-state index is 5.85. The van der Waals surface area contributed by atoms with Crippen molar-refractivity contribution >= 4 is 22.8 Å². The lowest BCUT2D eigenvalue weighted by molar-refractivity contribution is 0.375. The maximum absolute atomic E-state index is 5.85. The summed E-state index contributed by atoms with van der Waals surface area (Å²) in [5, 5.41) is 8.12. The number of fused-ring (bicyclic) bond motifs is 1. The van der Waals surface area contributed by atoms with Crippen LogP contribution in [0.4, 0.5) is 0 Å². The minimum atomic E-state index is 0.534. The number of rotatable bonds is 4. The number of aryl methyl sites for hydroxylation is 3. The van der Waals surface area contributed by atoms with E-state index in [0.29, 0.717) is 18.8 Å². The molecule has 0 saturated carbocycles. The summed E-state index contributed by atoms with van der Waals surface area (Å²) in [6, 6.07) is 1.85. The first-order valence-corrected chi connectivity index (χ1v) is 6.58. The van der Waals surface area contributed by atoms with Gasteiger partial charge in [0.1, 0.15) is 11.3 Å². The molecule has 0 spiro atoms.